The van der Waals surface area contributed by atoms with Crippen molar-refractivity contribution in [2.75, 3.05) is 11.8 Å². The van der Waals surface area contributed by atoms with Crippen molar-refractivity contribution in [2.24, 2.45) is 0 Å². The Labute approximate surface area is 157 Å². The molecule has 26 heavy (non-hydrogen) atoms. The highest BCUT2D eigenvalue weighted by Crippen LogP contribution is 2.27. The van der Waals surface area contributed by atoms with E-state index in [4.69, 9.17) is 11.6 Å². The van der Waals surface area contributed by atoms with Crippen molar-refractivity contribution in [3.8, 4) is 5.69 Å². The van der Waals surface area contributed by atoms with Crippen molar-refractivity contribution >= 4 is 27.3 Å². The first-order chi connectivity index (χ1) is 12.4. The van der Waals surface area contributed by atoms with E-state index in [1.54, 1.807) is 41.1 Å². The summed E-state index contributed by atoms with van der Waals surface area (Å²) in [6.07, 6.45) is 0. The van der Waals surface area contributed by atoms with Crippen molar-refractivity contribution in [1.29, 1.82) is 0 Å². The Morgan fingerprint density at radius 3 is 2.58 bits per heavy atom. The smallest absolute Gasteiger partial charge is 0.261 e. The fourth-order valence-electron chi connectivity index (χ4n) is 2.49. The van der Waals surface area contributed by atoms with Crippen LogP contribution in [0.1, 0.15) is 11.4 Å². The summed E-state index contributed by atoms with van der Waals surface area (Å²) in [5.41, 5.74) is 2.43. The Kier molecular flexibility index (Phi) is 5.26. The van der Waals surface area contributed by atoms with Gasteiger partial charge in [0.25, 0.3) is 10.0 Å². The standard InChI is InChI=1S/C17H18ClN5O2S/c1-12-16(11-19-2)20-22-23(12)17-10-13(18)8-9-15(17)21-26(24,25)14-6-4-3-5-7-14/h3-10,19,21H,11H2,1-2H3. The molecule has 0 unspecified atom stereocenters. The highest BCUT2D eigenvalue weighted by Gasteiger charge is 2.19. The molecule has 3 aromatic rings. The quantitative estimate of drug-likeness (QED) is 0.674. The van der Waals surface area contributed by atoms with Gasteiger partial charge in [-0.3, -0.25) is 4.72 Å². The van der Waals surface area contributed by atoms with Gasteiger partial charge >= 0.3 is 0 Å². The van der Waals surface area contributed by atoms with E-state index in [1.165, 1.54) is 12.1 Å². The molecule has 0 fully saturated rings. The van der Waals surface area contributed by atoms with E-state index in [2.05, 4.69) is 20.4 Å². The topological polar surface area (TPSA) is 88.9 Å². The van der Waals surface area contributed by atoms with Crippen molar-refractivity contribution < 1.29 is 8.42 Å². The molecule has 0 aliphatic carbocycles. The van der Waals surface area contributed by atoms with Gasteiger partial charge in [0.15, 0.2) is 0 Å². The minimum absolute atomic E-state index is 0.173. The fraction of sp³-hybridized carbons (Fsp3) is 0.176. The Hall–Kier alpha value is -2.42. The molecule has 2 N–H and O–H groups in total. The molecule has 0 aliphatic heterocycles. The molecule has 0 spiro atoms. The molecule has 3 rings (SSSR count). The lowest BCUT2D eigenvalue weighted by Crippen LogP contribution is -2.15. The average Bonchev–Trinajstić information content (AvgIpc) is 2.98. The maximum atomic E-state index is 12.7. The first-order valence-electron chi connectivity index (χ1n) is 7.86. The van der Waals surface area contributed by atoms with Crippen LogP contribution < -0.4 is 10.0 Å². The largest absolute Gasteiger partial charge is 0.314 e. The summed E-state index contributed by atoms with van der Waals surface area (Å²) in [4.78, 5) is 0.173. The summed E-state index contributed by atoms with van der Waals surface area (Å²) in [6.45, 7) is 2.42. The molecule has 7 nitrogen and oxygen atoms in total. The van der Waals surface area contributed by atoms with Gasteiger partial charge < -0.3 is 5.32 Å². The fourth-order valence-corrected chi connectivity index (χ4v) is 3.75. The second kappa shape index (κ2) is 7.45. The molecular formula is C17H18ClN5O2S. The van der Waals surface area contributed by atoms with E-state index in [-0.39, 0.29) is 4.90 Å². The number of sulfonamides is 1. The number of nitrogens with zero attached hydrogens (tertiary/aromatic N) is 3. The lowest BCUT2D eigenvalue weighted by atomic mass is 10.2. The van der Waals surface area contributed by atoms with Crippen molar-refractivity contribution in [3.05, 3.63) is 64.9 Å². The lowest BCUT2D eigenvalue weighted by Gasteiger charge is -2.14. The molecule has 136 valence electrons. The molecule has 0 radical (unpaired) electrons. The summed E-state index contributed by atoms with van der Waals surface area (Å²) >= 11 is 6.12. The van der Waals surface area contributed by atoms with Crippen molar-refractivity contribution in [1.82, 2.24) is 20.3 Å². The van der Waals surface area contributed by atoms with Gasteiger partial charge in [-0.15, -0.1) is 5.10 Å². The van der Waals surface area contributed by atoms with Gasteiger partial charge in [-0.05, 0) is 44.3 Å². The van der Waals surface area contributed by atoms with Crippen LogP contribution >= 0.6 is 11.6 Å². The third-order valence-corrected chi connectivity index (χ3v) is 5.44. The first-order valence-corrected chi connectivity index (χ1v) is 9.72. The maximum absolute atomic E-state index is 12.7. The summed E-state index contributed by atoms with van der Waals surface area (Å²) < 4.78 is 29.5. The van der Waals surface area contributed by atoms with Crippen LogP contribution in [0.2, 0.25) is 5.02 Å². The van der Waals surface area contributed by atoms with E-state index < -0.39 is 10.0 Å². The zero-order valence-electron chi connectivity index (χ0n) is 14.3. The third-order valence-electron chi connectivity index (χ3n) is 3.82. The number of aromatic nitrogens is 3. The highest BCUT2D eigenvalue weighted by molar-refractivity contribution is 7.92. The molecule has 0 atom stereocenters. The number of halogens is 1. The lowest BCUT2D eigenvalue weighted by molar-refractivity contribution is 0.601. The molecular weight excluding hydrogens is 374 g/mol. The molecule has 1 aromatic heterocycles. The van der Waals surface area contributed by atoms with Gasteiger partial charge in [0, 0.05) is 11.6 Å². The van der Waals surface area contributed by atoms with Crippen LogP contribution in [0.15, 0.2) is 53.4 Å². The predicted molar refractivity (Wildman–Crippen MR) is 101 cm³/mol. The molecule has 0 saturated heterocycles. The maximum Gasteiger partial charge on any atom is 0.261 e. The second-order valence-electron chi connectivity index (χ2n) is 5.64. The number of hydrogen-bond donors (Lipinski definition) is 2. The van der Waals surface area contributed by atoms with Crippen molar-refractivity contribution in [3.63, 3.8) is 0 Å². The van der Waals surface area contributed by atoms with Crippen LogP contribution in [0, 0.1) is 6.92 Å². The number of nitrogens with one attached hydrogen (secondary N) is 2. The molecule has 2 aromatic carbocycles. The summed E-state index contributed by atoms with van der Waals surface area (Å²) in [7, 11) is -1.92. The van der Waals surface area contributed by atoms with E-state index >= 15 is 0 Å². The van der Waals surface area contributed by atoms with Gasteiger partial charge in [-0.25, -0.2) is 13.1 Å². The first kappa shape index (κ1) is 18.4. The average molecular weight is 392 g/mol. The Bertz CT molecular complexity index is 1020. The van der Waals surface area contributed by atoms with E-state index in [1.807, 2.05) is 14.0 Å². The van der Waals surface area contributed by atoms with Crippen LogP contribution in [0.3, 0.4) is 0 Å². The number of rotatable bonds is 6. The van der Waals surface area contributed by atoms with Gasteiger partial charge in [-0.1, -0.05) is 35.0 Å². The second-order valence-corrected chi connectivity index (χ2v) is 7.76. The SMILES string of the molecule is CNCc1nnn(-c2cc(Cl)ccc2NS(=O)(=O)c2ccccc2)c1C. The zero-order chi connectivity index (χ0) is 18.7. The monoisotopic (exact) mass is 391 g/mol. The van der Waals surface area contributed by atoms with Gasteiger partial charge in [-0.2, -0.15) is 0 Å². The molecule has 0 saturated carbocycles. The molecule has 0 aliphatic rings. The van der Waals surface area contributed by atoms with Crippen molar-refractivity contribution in [2.45, 2.75) is 18.4 Å². The highest BCUT2D eigenvalue weighted by atomic mass is 35.5. The number of anilines is 1. The molecule has 1 heterocycles. The van der Waals surface area contributed by atoms with Crippen LogP contribution in [0.25, 0.3) is 5.69 Å². The Balaban J connectivity index is 2.05. The normalized spacial score (nSPS) is 11.5. The summed E-state index contributed by atoms with van der Waals surface area (Å²) in [5.74, 6) is 0. The van der Waals surface area contributed by atoms with Crippen LogP contribution in [0.4, 0.5) is 5.69 Å². The number of benzene rings is 2. The molecule has 9 heteroatoms. The summed E-state index contributed by atoms with van der Waals surface area (Å²) in [6, 6.07) is 13.0. The number of hydrogen-bond acceptors (Lipinski definition) is 5. The van der Waals surface area contributed by atoms with Gasteiger partial charge in [0.2, 0.25) is 0 Å². The van der Waals surface area contributed by atoms with Crippen LogP contribution in [-0.2, 0) is 16.6 Å². The van der Waals surface area contributed by atoms with E-state index in [0.29, 0.717) is 22.9 Å². The molecule has 0 bridgehead atoms. The van der Waals surface area contributed by atoms with Gasteiger partial charge in [0.05, 0.1) is 27.7 Å². The zero-order valence-corrected chi connectivity index (χ0v) is 15.8. The summed E-state index contributed by atoms with van der Waals surface area (Å²) in [5, 5.41) is 11.8. The van der Waals surface area contributed by atoms with Gasteiger partial charge in [0.1, 0.15) is 0 Å². The van der Waals surface area contributed by atoms with Crippen LogP contribution in [-0.4, -0.2) is 30.5 Å². The minimum Gasteiger partial charge on any atom is -0.314 e. The third kappa shape index (κ3) is 3.72. The van der Waals surface area contributed by atoms with Crippen LogP contribution in [0.5, 0.6) is 0 Å². The predicted octanol–water partition coefficient (Wildman–Crippen LogP) is 2.75. The Morgan fingerprint density at radius 2 is 1.88 bits per heavy atom. The Morgan fingerprint density at radius 1 is 1.15 bits per heavy atom. The minimum atomic E-state index is -3.74. The van der Waals surface area contributed by atoms with E-state index in [0.717, 1.165) is 11.4 Å². The molecule has 0 amide bonds. The van der Waals surface area contributed by atoms with E-state index in [9.17, 15) is 8.42 Å².